The van der Waals surface area contributed by atoms with Gasteiger partial charge >= 0.3 is 0 Å². The number of nitrogens with one attached hydrogen (secondary N) is 2. The Bertz CT molecular complexity index is 1380. The number of anilines is 2. The Hall–Kier alpha value is -4.86. The zero-order chi connectivity index (χ0) is 30.0. The molecule has 222 valence electrons. The highest BCUT2D eigenvalue weighted by Gasteiger charge is 2.25. The maximum absolute atomic E-state index is 12.5. The minimum absolute atomic E-state index is 0.152. The molecule has 43 heavy (non-hydrogen) atoms. The molecule has 2 amide bonds. The predicted molar refractivity (Wildman–Crippen MR) is 163 cm³/mol. The second-order valence-electron chi connectivity index (χ2n) is 10.7. The molecule has 2 N–H and O–H groups in total. The predicted octanol–water partition coefficient (Wildman–Crippen LogP) is 5.48. The third-order valence-electron chi connectivity index (χ3n) is 7.71. The van der Waals surface area contributed by atoms with Crippen LogP contribution in [0.3, 0.4) is 0 Å². The lowest BCUT2D eigenvalue weighted by atomic mass is 9.88. The first-order valence-corrected chi connectivity index (χ1v) is 14.5. The standard InChI is InChI=1S/C33H36N6O4/c1-42-26-11-7-22(8-12-26)19-32(40)34-30-17-15-28(36-38-30)24-5-3-4-6-25(21-24)29-16-18-31(39-37-29)35-33(41)20-23-9-13-27(43-2)14-10-23/h7-18,24-25H,3-6,19-21H2,1-2H3,(H,34,38,40)(H,35,39,41)/t24-,25-/m0/s1. The van der Waals surface area contributed by atoms with E-state index in [1.165, 1.54) is 0 Å². The molecule has 0 radical (unpaired) electrons. The van der Waals surface area contributed by atoms with E-state index in [0.29, 0.717) is 11.6 Å². The summed E-state index contributed by atoms with van der Waals surface area (Å²) >= 11 is 0. The molecule has 10 heteroatoms. The van der Waals surface area contributed by atoms with E-state index in [2.05, 4.69) is 31.0 Å². The van der Waals surface area contributed by atoms with Gasteiger partial charge in [0.15, 0.2) is 11.6 Å². The number of nitrogens with zero attached hydrogens (tertiary/aromatic N) is 4. The molecule has 0 unspecified atom stereocenters. The van der Waals surface area contributed by atoms with Crippen molar-refractivity contribution in [1.82, 2.24) is 20.4 Å². The van der Waals surface area contributed by atoms with Crippen molar-refractivity contribution in [1.29, 1.82) is 0 Å². The molecule has 2 heterocycles. The molecule has 2 atom stereocenters. The lowest BCUT2D eigenvalue weighted by Gasteiger charge is -2.19. The summed E-state index contributed by atoms with van der Waals surface area (Å²) in [5.41, 5.74) is 3.60. The quantitative estimate of drug-likeness (QED) is 0.236. The third-order valence-corrected chi connectivity index (χ3v) is 7.71. The molecule has 1 saturated carbocycles. The summed E-state index contributed by atoms with van der Waals surface area (Å²) in [6.45, 7) is 0. The molecule has 0 saturated heterocycles. The van der Waals surface area contributed by atoms with Gasteiger partial charge in [-0.25, -0.2) is 0 Å². The van der Waals surface area contributed by atoms with E-state index in [-0.39, 0.29) is 36.5 Å². The van der Waals surface area contributed by atoms with Crippen molar-refractivity contribution in [2.24, 2.45) is 0 Å². The van der Waals surface area contributed by atoms with Crippen LogP contribution in [0, 0.1) is 0 Å². The molecule has 1 aliphatic carbocycles. The molecule has 2 aromatic carbocycles. The molecule has 10 nitrogen and oxygen atoms in total. The Balaban J connectivity index is 1.14. The van der Waals surface area contributed by atoms with E-state index >= 15 is 0 Å². The van der Waals surface area contributed by atoms with Gasteiger partial charge in [0.2, 0.25) is 11.8 Å². The number of carbonyl (C=O) groups is 2. The van der Waals surface area contributed by atoms with Gasteiger partial charge in [-0.1, -0.05) is 37.1 Å². The number of carbonyl (C=O) groups excluding carboxylic acids is 2. The number of methoxy groups -OCH3 is 2. The molecule has 0 aliphatic heterocycles. The minimum atomic E-state index is -0.152. The number of benzene rings is 2. The van der Waals surface area contributed by atoms with Crippen LogP contribution in [-0.2, 0) is 22.4 Å². The lowest BCUT2D eigenvalue weighted by Crippen LogP contribution is -2.16. The maximum atomic E-state index is 12.5. The Morgan fingerprint density at radius 1 is 0.628 bits per heavy atom. The van der Waals surface area contributed by atoms with Gasteiger partial charge in [-0.15, -0.1) is 10.2 Å². The third kappa shape index (κ3) is 8.34. The first-order valence-electron chi connectivity index (χ1n) is 14.5. The van der Waals surface area contributed by atoms with Crippen molar-refractivity contribution in [3.05, 3.63) is 95.3 Å². The topological polar surface area (TPSA) is 128 Å². The average Bonchev–Trinajstić information content (AvgIpc) is 3.29. The first-order chi connectivity index (χ1) is 21.0. The Morgan fingerprint density at radius 2 is 1.05 bits per heavy atom. The number of rotatable bonds is 10. The van der Waals surface area contributed by atoms with Crippen molar-refractivity contribution in [3.8, 4) is 11.5 Å². The summed E-state index contributed by atoms with van der Waals surface area (Å²) in [4.78, 5) is 25.0. The van der Waals surface area contributed by atoms with Crippen LogP contribution >= 0.6 is 0 Å². The van der Waals surface area contributed by atoms with Gasteiger partial charge in [0.05, 0.1) is 38.4 Å². The number of ether oxygens (including phenoxy) is 2. The van der Waals surface area contributed by atoms with Gasteiger partial charge in [-0.2, -0.15) is 10.2 Å². The van der Waals surface area contributed by atoms with Crippen molar-refractivity contribution >= 4 is 23.5 Å². The van der Waals surface area contributed by atoms with Crippen molar-refractivity contribution < 1.29 is 19.1 Å². The van der Waals surface area contributed by atoms with Gasteiger partial charge in [-0.05, 0) is 78.9 Å². The highest BCUT2D eigenvalue weighted by Crippen LogP contribution is 2.38. The smallest absolute Gasteiger partial charge is 0.229 e. The lowest BCUT2D eigenvalue weighted by molar-refractivity contribution is -0.116. The monoisotopic (exact) mass is 580 g/mol. The van der Waals surface area contributed by atoms with Gasteiger partial charge < -0.3 is 20.1 Å². The van der Waals surface area contributed by atoms with Crippen molar-refractivity contribution in [2.45, 2.75) is 56.8 Å². The molecule has 4 aromatic rings. The molecular weight excluding hydrogens is 544 g/mol. The van der Waals surface area contributed by atoms with Crippen LogP contribution in [0.15, 0.2) is 72.8 Å². The summed E-state index contributed by atoms with van der Waals surface area (Å²) in [5.74, 6) is 2.53. The number of hydrogen-bond donors (Lipinski definition) is 2. The molecule has 1 aliphatic rings. The Labute approximate surface area is 251 Å². The van der Waals surface area contributed by atoms with E-state index in [4.69, 9.17) is 9.47 Å². The van der Waals surface area contributed by atoms with Crippen LogP contribution in [0.25, 0.3) is 0 Å². The zero-order valence-corrected chi connectivity index (χ0v) is 24.5. The Morgan fingerprint density at radius 3 is 1.40 bits per heavy atom. The van der Waals surface area contributed by atoms with Crippen molar-refractivity contribution in [3.63, 3.8) is 0 Å². The van der Waals surface area contributed by atoms with E-state index in [1.807, 2.05) is 72.8 Å². The Kier molecular flexibility index (Phi) is 9.89. The number of hydrogen-bond acceptors (Lipinski definition) is 8. The van der Waals surface area contributed by atoms with Crippen LogP contribution in [-0.4, -0.2) is 46.4 Å². The summed E-state index contributed by atoms with van der Waals surface area (Å²) in [6, 6.07) is 22.4. The van der Waals surface area contributed by atoms with Gasteiger partial charge in [0.1, 0.15) is 11.5 Å². The van der Waals surface area contributed by atoms with Crippen LogP contribution in [0.2, 0.25) is 0 Å². The van der Waals surface area contributed by atoms with Crippen LogP contribution in [0.5, 0.6) is 11.5 Å². The fourth-order valence-electron chi connectivity index (χ4n) is 5.38. The summed E-state index contributed by atoms with van der Waals surface area (Å²) in [5, 5.41) is 23.2. The normalized spacial score (nSPS) is 16.5. The number of aromatic nitrogens is 4. The molecule has 0 bridgehead atoms. The second-order valence-corrected chi connectivity index (χ2v) is 10.7. The summed E-state index contributed by atoms with van der Waals surface area (Å²) in [6.07, 6.45) is 5.58. The van der Waals surface area contributed by atoms with Gasteiger partial charge in [0.25, 0.3) is 0 Å². The first kappa shape index (κ1) is 29.6. The fourth-order valence-corrected chi connectivity index (χ4v) is 5.38. The largest absolute Gasteiger partial charge is 0.497 e. The minimum Gasteiger partial charge on any atom is -0.497 e. The SMILES string of the molecule is COc1ccc(CC(=O)Nc2ccc([C@H]3CCCC[C@H](c4ccc(NC(=O)Cc5ccc(OC)cc5)nn4)C3)nn2)cc1. The molecule has 1 fully saturated rings. The summed E-state index contributed by atoms with van der Waals surface area (Å²) in [7, 11) is 3.22. The van der Waals surface area contributed by atoms with E-state index in [9.17, 15) is 9.59 Å². The fraction of sp³-hybridized carbons (Fsp3) is 0.333. The maximum Gasteiger partial charge on any atom is 0.229 e. The highest BCUT2D eigenvalue weighted by atomic mass is 16.5. The van der Waals surface area contributed by atoms with E-state index in [1.54, 1.807) is 14.2 Å². The van der Waals surface area contributed by atoms with E-state index in [0.717, 1.165) is 66.1 Å². The van der Waals surface area contributed by atoms with Crippen LogP contribution in [0.4, 0.5) is 11.6 Å². The highest BCUT2D eigenvalue weighted by molar-refractivity contribution is 5.91. The van der Waals surface area contributed by atoms with Crippen molar-refractivity contribution in [2.75, 3.05) is 24.9 Å². The molecule has 2 aromatic heterocycles. The van der Waals surface area contributed by atoms with Gasteiger partial charge in [0, 0.05) is 11.8 Å². The van der Waals surface area contributed by atoms with Crippen LogP contribution in [0.1, 0.15) is 66.5 Å². The van der Waals surface area contributed by atoms with E-state index < -0.39 is 0 Å². The molecule has 5 rings (SSSR count). The molecule has 0 spiro atoms. The van der Waals surface area contributed by atoms with Crippen LogP contribution < -0.4 is 20.1 Å². The average molecular weight is 581 g/mol. The molecular formula is C33H36N6O4. The zero-order valence-electron chi connectivity index (χ0n) is 24.5. The summed E-state index contributed by atoms with van der Waals surface area (Å²) < 4.78 is 10.3. The van der Waals surface area contributed by atoms with Gasteiger partial charge in [-0.3, -0.25) is 9.59 Å². The number of amides is 2. The second kappa shape index (κ2) is 14.4.